The molecular weight excluding hydrogens is 384 g/mol. The number of thiazole rings is 1. The molecule has 0 radical (unpaired) electrons. The molecule has 1 aliphatic rings. The minimum Gasteiger partial charge on any atom is -0.325 e. The lowest BCUT2D eigenvalue weighted by molar-refractivity contribution is 0.102. The average molecular weight is 403 g/mol. The van der Waals surface area contributed by atoms with Crippen LogP contribution in [0.1, 0.15) is 27.5 Å². The Morgan fingerprint density at radius 3 is 2.80 bits per heavy atom. The molecule has 2 aromatic rings. The van der Waals surface area contributed by atoms with Gasteiger partial charge in [-0.1, -0.05) is 6.07 Å². The quantitative estimate of drug-likeness (QED) is 0.814. The number of rotatable bonds is 4. The van der Waals surface area contributed by atoms with Gasteiger partial charge >= 0.3 is 0 Å². The van der Waals surface area contributed by atoms with Crippen molar-refractivity contribution < 1.29 is 13.2 Å². The number of nitrogens with zero attached hydrogens (tertiary/aromatic N) is 2. The Morgan fingerprint density at radius 1 is 1.44 bits per heavy atom. The van der Waals surface area contributed by atoms with E-state index in [1.54, 1.807) is 23.6 Å². The van der Waals surface area contributed by atoms with Crippen molar-refractivity contribution >= 4 is 51.0 Å². The van der Waals surface area contributed by atoms with E-state index in [0.29, 0.717) is 41.6 Å². The zero-order valence-electron chi connectivity index (χ0n) is 13.6. The summed E-state index contributed by atoms with van der Waals surface area (Å²) in [5.41, 5.74) is 7.78. The number of amides is 1. The van der Waals surface area contributed by atoms with Crippen molar-refractivity contribution in [2.24, 2.45) is 5.73 Å². The van der Waals surface area contributed by atoms with Gasteiger partial charge in [0, 0.05) is 24.2 Å². The van der Waals surface area contributed by atoms with Crippen LogP contribution in [0.5, 0.6) is 0 Å². The van der Waals surface area contributed by atoms with Crippen LogP contribution in [0.25, 0.3) is 0 Å². The smallest absolute Gasteiger partial charge is 0.275 e. The fourth-order valence-electron chi connectivity index (χ4n) is 2.57. The highest BCUT2D eigenvalue weighted by Crippen LogP contribution is 2.30. The number of carbonyl (C=O) groups excluding carboxylic acids is 1. The first-order chi connectivity index (χ1) is 11.4. The van der Waals surface area contributed by atoms with Crippen molar-refractivity contribution in [3.63, 3.8) is 0 Å². The molecule has 3 N–H and O–H groups in total. The molecule has 136 valence electrons. The van der Waals surface area contributed by atoms with Crippen LogP contribution in [-0.4, -0.2) is 31.6 Å². The summed E-state index contributed by atoms with van der Waals surface area (Å²) in [4.78, 5) is 16.4. The van der Waals surface area contributed by atoms with E-state index >= 15 is 0 Å². The van der Waals surface area contributed by atoms with E-state index in [1.165, 1.54) is 15.6 Å². The minimum atomic E-state index is -3.26. The van der Waals surface area contributed by atoms with Gasteiger partial charge in [-0.2, -0.15) is 0 Å². The van der Waals surface area contributed by atoms with Crippen LogP contribution in [0.2, 0.25) is 0 Å². The first-order valence-corrected chi connectivity index (χ1v) is 9.96. The molecule has 1 aliphatic heterocycles. The minimum absolute atomic E-state index is 0. The molecule has 1 aromatic carbocycles. The first-order valence-electron chi connectivity index (χ1n) is 7.47. The highest BCUT2D eigenvalue weighted by atomic mass is 35.5. The lowest BCUT2D eigenvalue weighted by atomic mass is 10.1. The summed E-state index contributed by atoms with van der Waals surface area (Å²) in [6.07, 6.45) is 0.610. The number of anilines is 2. The summed E-state index contributed by atoms with van der Waals surface area (Å²) < 4.78 is 25.7. The SMILES string of the molecule is Cc1ccc(NC(=O)c2csc(CN)n2)cc1N1CCCS1(=O)=O.Cl. The standard InChI is InChI=1S/C15H18N4O3S2.ClH/c1-10-3-4-11(7-13(10)19-5-2-6-24(19,21)22)17-15(20)12-9-23-14(8-16)18-12;/h3-4,7,9H,2,5-6,8,16H2,1H3,(H,17,20);1H. The van der Waals surface area contributed by atoms with Crippen molar-refractivity contribution in [1.29, 1.82) is 0 Å². The van der Waals surface area contributed by atoms with Crippen LogP contribution in [0.15, 0.2) is 23.6 Å². The summed E-state index contributed by atoms with van der Waals surface area (Å²) in [5, 5.41) is 5.10. The third-order valence-corrected chi connectivity index (χ3v) is 6.52. The van der Waals surface area contributed by atoms with E-state index in [4.69, 9.17) is 5.73 Å². The average Bonchev–Trinajstić information content (AvgIpc) is 3.15. The van der Waals surface area contributed by atoms with Crippen LogP contribution in [0, 0.1) is 6.92 Å². The number of hydrogen-bond acceptors (Lipinski definition) is 6. The number of aryl methyl sites for hydroxylation is 1. The third kappa shape index (κ3) is 4.12. The van der Waals surface area contributed by atoms with Crippen molar-refractivity contribution in [2.45, 2.75) is 19.9 Å². The largest absolute Gasteiger partial charge is 0.325 e. The Balaban J connectivity index is 0.00000225. The molecular formula is C15H19ClN4O3S2. The first kappa shape index (κ1) is 19.6. The van der Waals surface area contributed by atoms with Gasteiger partial charge in [0.25, 0.3) is 5.91 Å². The highest BCUT2D eigenvalue weighted by Gasteiger charge is 2.29. The molecule has 0 spiro atoms. The van der Waals surface area contributed by atoms with E-state index in [0.717, 1.165) is 5.56 Å². The molecule has 1 amide bonds. The van der Waals surface area contributed by atoms with Crippen LogP contribution < -0.4 is 15.4 Å². The summed E-state index contributed by atoms with van der Waals surface area (Å²) in [6.45, 7) is 2.61. The monoisotopic (exact) mass is 402 g/mol. The Bertz CT molecular complexity index is 883. The van der Waals surface area contributed by atoms with E-state index < -0.39 is 10.0 Å². The van der Waals surface area contributed by atoms with Gasteiger partial charge in [0.1, 0.15) is 10.7 Å². The second kappa shape index (κ2) is 7.69. The van der Waals surface area contributed by atoms with Gasteiger partial charge in [-0.3, -0.25) is 9.10 Å². The van der Waals surface area contributed by atoms with Gasteiger partial charge in [-0.25, -0.2) is 13.4 Å². The number of carbonyl (C=O) groups is 1. The number of nitrogens with two attached hydrogens (primary N) is 1. The van der Waals surface area contributed by atoms with Gasteiger partial charge in [-0.05, 0) is 31.0 Å². The second-order valence-corrected chi connectivity index (χ2v) is 8.48. The maximum Gasteiger partial charge on any atom is 0.275 e. The van der Waals surface area contributed by atoms with Gasteiger partial charge < -0.3 is 11.1 Å². The molecule has 0 aliphatic carbocycles. The van der Waals surface area contributed by atoms with Gasteiger partial charge in [-0.15, -0.1) is 23.7 Å². The number of nitrogens with one attached hydrogen (secondary N) is 1. The van der Waals surface area contributed by atoms with Crippen molar-refractivity contribution in [1.82, 2.24) is 4.98 Å². The zero-order valence-corrected chi connectivity index (χ0v) is 16.0. The topological polar surface area (TPSA) is 105 Å². The third-order valence-electron chi connectivity index (χ3n) is 3.79. The Kier molecular flexibility index (Phi) is 6.04. The molecule has 3 rings (SSSR count). The molecule has 0 unspecified atom stereocenters. The molecule has 1 saturated heterocycles. The lowest BCUT2D eigenvalue weighted by Crippen LogP contribution is -2.26. The van der Waals surface area contributed by atoms with E-state index in [1.807, 2.05) is 6.92 Å². The number of sulfonamides is 1. The summed E-state index contributed by atoms with van der Waals surface area (Å²) in [6, 6.07) is 5.23. The molecule has 25 heavy (non-hydrogen) atoms. The molecule has 7 nitrogen and oxygen atoms in total. The van der Waals surface area contributed by atoms with Crippen molar-refractivity contribution in [2.75, 3.05) is 21.9 Å². The van der Waals surface area contributed by atoms with Crippen LogP contribution in [0.3, 0.4) is 0 Å². The van der Waals surface area contributed by atoms with Crippen LogP contribution in [0.4, 0.5) is 11.4 Å². The fourth-order valence-corrected chi connectivity index (χ4v) is 4.84. The second-order valence-electron chi connectivity index (χ2n) is 5.53. The highest BCUT2D eigenvalue weighted by molar-refractivity contribution is 7.93. The predicted molar refractivity (Wildman–Crippen MR) is 102 cm³/mol. The molecule has 0 bridgehead atoms. The number of benzene rings is 1. The number of hydrogen-bond donors (Lipinski definition) is 2. The zero-order chi connectivity index (χ0) is 17.3. The molecule has 1 aromatic heterocycles. The molecule has 1 fully saturated rings. The maximum absolute atomic E-state index is 12.2. The lowest BCUT2D eigenvalue weighted by Gasteiger charge is -2.20. The van der Waals surface area contributed by atoms with Crippen LogP contribution in [-0.2, 0) is 16.6 Å². The number of aromatic nitrogens is 1. The van der Waals surface area contributed by atoms with Crippen molar-refractivity contribution in [3.05, 3.63) is 39.8 Å². The maximum atomic E-state index is 12.2. The Hall–Kier alpha value is -1.68. The Labute approximate surface area is 156 Å². The summed E-state index contributed by atoms with van der Waals surface area (Å²) >= 11 is 1.33. The molecule has 0 atom stereocenters. The van der Waals surface area contributed by atoms with Gasteiger partial charge in [0.05, 0.1) is 11.4 Å². The van der Waals surface area contributed by atoms with Gasteiger partial charge in [0.2, 0.25) is 10.0 Å². The van der Waals surface area contributed by atoms with E-state index in [-0.39, 0.29) is 24.1 Å². The summed E-state index contributed by atoms with van der Waals surface area (Å²) in [5.74, 6) is -0.186. The summed E-state index contributed by atoms with van der Waals surface area (Å²) in [7, 11) is -3.26. The van der Waals surface area contributed by atoms with E-state index in [2.05, 4.69) is 10.3 Å². The fraction of sp³-hybridized carbons (Fsp3) is 0.333. The van der Waals surface area contributed by atoms with Crippen LogP contribution >= 0.6 is 23.7 Å². The predicted octanol–water partition coefficient (Wildman–Crippen LogP) is 2.12. The molecule has 0 saturated carbocycles. The van der Waals surface area contributed by atoms with E-state index in [9.17, 15) is 13.2 Å². The normalized spacial score (nSPS) is 15.7. The van der Waals surface area contributed by atoms with Gasteiger partial charge in [0.15, 0.2) is 0 Å². The molecule has 2 heterocycles. The Morgan fingerprint density at radius 2 is 2.20 bits per heavy atom. The molecule has 10 heteroatoms. The number of halogens is 1. The van der Waals surface area contributed by atoms with Crippen molar-refractivity contribution in [3.8, 4) is 0 Å².